The van der Waals surface area contributed by atoms with Crippen LogP contribution in [-0.2, 0) is 13.1 Å². The van der Waals surface area contributed by atoms with E-state index in [4.69, 9.17) is 4.98 Å². The van der Waals surface area contributed by atoms with Crippen LogP contribution in [0.2, 0.25) is 0 Å². The SMILES string of the molecule is CC(C)CNCc1nc(CN2CCCC2C(C)C)cs1. The maximum Gasteiger partial charge on any atom is 0.107 e. The fourth-order valence-corrected chi connectivity index (χ4v) is 3.74. The van der Waals surface area contributed by atoms with E-state index in [2.05, 4.69) is 43.3 Å². The molecule has 1 aromatic rings. The Kier molecular flexibility index (Phi) is 6.00. The molecule has 1 aromatic heterocycles. The first-order valence-corrected chi connectivity index (χ1v) is 8.82. The molecule has 3 nitrogen and oxygen atoms in total. The number of thiazole rings is 1. The molecular weight excluding hydrogens is 266 g/mol. The van der Waals surface area contributed by atoms with Crippen LogP contribution < -0.4 is 5.32 Å². The van der Waals surface area contributed by atoms with Gasteiger partial charge in [-0.05, 0) is 37.8 Å². The summed E-state index contributed by atoms with van der Waals surface area (Å²) in [5, 5.41) is 6.93. The van der Waals surface area contributed by atoms with Crippen molar-refractivity contribution >= 4 is 11.3 Å². The summed E-state index contributed by atoms with van der Waals surface area (Å²) in [6.45, 7) is 13.4. The van der Waals surface area contributed by atoms with Gasteiger partial charge in [0.25, 0.3) is 0 Å². The van der Waals surface area contributed by atoms with Gasteiger partial charge in [-0.1, -0.05) is 27.7 Å². The van der Waals surface area contributed by atoms with Crippen molar-refractivity contribution in [3.8, 4) is 0 Å². The number of hydrogen-bond acceptors (Lipinski definition) is 4. The van der Waals surface area contributed by atoms with Gasteiger partial charge in [0.2, 0.25) is 0 Å². The predicted octanol–water partition coefficient (Wildman–Crippen LogP) is 3.51. The molecule has 0 aromatic carbocycles. The van der Waals surface area contributed by atoms with E-state index < -0.39 is 0 Å². The number of likely N-dealkylation sites (tertiary alicyclic amines) is 1. The average molecular weight is 295 g/mol. The van der Waals surface area contributed by atoms with Crippen LogP contribution in [0.5, 0.6) is 0 Å². The van der Waals surface area contributed by atoms with E-state index in [1.807, 2.05) is 0 Å². The van der Waals surface area contributed by atoms with Crippen molar-refractivity contribution < 1.29 is 0 Å². The first-order valence-electron chi connectivity index (χ1n) is 7.94. The summed E-state index contributed by atoms with van der Waals surface area (Å²) in [5.74, 6) is 1.45. The van der Waals surface area contributed by atoms with E-state index in [1.54, 1.807) is 11.3 Å². The number of rotatable bonds is 7. The molecule has 1 fully saturated rings. The molecule has 2 rings (SSSR count). The van der Waals surface area contributed by atoms with Crippen molar-refractivity contribution in [1.29, 1.82) is 0 Å². The Balaban J connectivity index is 1.83. The summed E-state index contributed by atoms with van der Waals surface area (Å²) in [4.78, 5) is 7.39. The highest BCUT2D eigenvalue weighted by Crippen LogP contribution is 2.25. The fourth-order valence-electron chi connectivity index (χ4n) is 2.98. The molecule has 1 aliphatic heterocycles. The highest BCUT2D eigenvalue weighted by molar-refractivity contribution is 7.09. The van der Waals surface area contributed by atoms with Gasteiger partial charge < -0.3 is 5.32 Å². The molecule has 0 bridgehead atoms. The Morgan fingerprint density at radius 1 is 1.40 bits per heavy atom. The number of nitrogens with zero attached hydrogens (tertiary/aromatic N) is 2. The molecule has 1 atom stereocenters. The van der Waals surface area contributed by atoms with Crippen molar-refractivity contribution in [3.63, 3.8) is 0 Å². The Labute approximate surface area is 127 Å². The summed E-state index contributed by atoms with van der Waals surface area (Å²) < 4.78 is 0. The molecule has 0 spiro atoms. The molecular formula is C16H29N3S. The highest BCUT2D eigenvalue weighted by Gasteiger charge is 2.27. The summed E-state index contributed by atoms with van der Waals surface area (Å²) in [6.07, 6.45) is 2.69. The maximum atomic E-state index is 4.78. The topological polar surface area (TPSA) is 28.2 Å². The number of nitrogens with one attached hydrogen (secondary N) is 1. The summed E-state index contributed by atoms with van der Waals surface area (Å²) in [6, 6.07) is 0.749. The van der Waals surface area contributed by atoms with Gasteiger partial charge in [0.15, 0.2) is 0 Å². The minimum atomic E-state index is 0.700. The minimum absolute atomic E-state index is 0.700. The molecule has 20 heavy (non-hydrogen) atoms. The molecule has 0 saturated carbocycles. The Morgan fingerprint density at radius 2 is 2.20 bits per heavy atom. The largest absolute Gasteiger partial charge is 0.310 e. The monoisotopic (exact) mass is 295 g/mol. The van der Waals surface area contributed by atoms with Gasteiger partial charge >= 0.3 is 0 Å². The van der Waals surface area contributed by atoms with Gasteiger partial charge in [-0.25, -0.2) is 4.98 Å². The lowest BCUT2D eigenvalue weighted by atomic mass is 10.0. The van der Waals surface area contributed by atoms with Crippen LogP contribution in [-0.4, -0.2) is 29.0 Å². The lowest BCUT2D eigenvalue weighted by Crippen LogP contribution is -2.32. The molecule has 114 valence electrons. The van der Waals surface area contributed by atoms with Gasteiger partial charge in [0, 0.05) is 24.5 Å². The highest BCUT2D eigenvalue weighted by atomic mass is 32.1. The zero-order valence-corrected chi connectivity index (χ0v) is 14.2. The summed E-state index contributed by atoms with van der Waals surface area (Å²) in [7, 11) is 0. The van der Waals surface area contributed by atoms with Crippen molar-refractivity contribution in [1.82, 2.24) is 15.2 Å². The van der Waals surface area contributed by atoms with Gasteiger partial charge in [0.1, 0.15) is 5.01 Å². The lowest BCUT2D eigenvalue weighted by Gasteiger charge is -2.26. The second-order valence-electron chi connectivity index (χ2n) is 6.68. The molecule has 4 heteroatoms. The molecule has 1 saturated heterocycles. The normalized spacial score (nSPS) is 20.4. The number of hydrogen-bond donors (Lipinski definition) is 1. The van der Waals surface area contributed by atoms with Gasteiger partial charge in [-0.2, -0.15) is 0 Å². The molecule has 1 aliphatic rings. The van der Waals surface area contributed by atoms with E-state index in [0.717, 1.165) is 31.6 Å². The maximum absolute atomic E-state index is 4.78. The van der Waals surface area contributed by atoms with Crippen LogP contribution in [0.4, 0.5) is 0 Å². The fraction of sp³-hybridized carbons (Fsp3) is 0.812. The van der Waals surface area contributed by atoms with E-state index in [9.17, 15) is 0 Å². The quantitative estimate of drug-likeness (QED) is 0.834. The Bertz CT molecular complexity index is 400. The van der Waals surface area contributed by atoms with Crippen LogP contribution in [0.1, 0.15) is 51.2 Å². The van der Waals surface area contributed by atoms with Crippen molar-refractivity contribution in [2.75, 3.05) is 13.1 Å². The predicted molar refractivity (Wildman–Crippen MR) is 86.9 cm³/mol. The van der Waals surface area contributed by atoms with Crippen LogP contribution in [0.15, 0.2) is 5.38 Å². The van der Waals surface area contributed by atoms with E-state index in [0.29, 0.717) is 5.92 Å². The third-order valence-electron chi connectivity index (χ3n) is 3.98. The third kappa shape index (κ3) is 4.54. The van der Waals surface area contributed by atoms with Crippen molar-refractivity contribution in [2.45, 2.75) is 59.7 Å². The second kappa shape index (κ2) is 7.53. The average Bonchev–Trinajstić information content (AvgIpc) is 2.99. The third-order valence-corrected chi connectivity index (χ3v) is 4.87. The molecule has 0 radical (unpaired) electrons. The van der Waals surface area contributed by atoms with Gasteiger partial charge in [-0.3, -0.25) is 4.90 Å². The van der Waals surface area contributed by atoms with Crippen LogP contribution in [0.25, 0.3) is 0 Å². The number of aromatic nitrogens is 1. The van der Waals surface area contributed by atoms with Crippen molar-refractivity contribution in [3.05, 3.63) is 16.1 Å². The lowest BCUT2D eigenvalue weighted by molar-refractivity contribution is 0.197. The van der Waals surface area contributed by atoms with Gasteiger partial charge in [0.05, 0.1) is 5.69 Å². The van der Waals surface area contributed by atoms with E-state index in [-0.39, 0.29) is 0 Å². The summed E-state index contributed by atoms with van der Waals surface area (Å²) in [5.41, 5.74) is 1.25. The van der Waals surface area contributed by atoms with E-state index >= 15 is 0 Å². The standard InChI is InChI=1S/C16H29N3S/c1-12(2)8-17-9-16-18-14(11-20-16)10-19-7-5-6-15(19)13(3)4/h11-13,15,17H,5-10H2,1-4H3. The smallest absolute Gasteiger partial charge is 0.107 e. The van der Waals surface area contributed by atoms with E-state index in [1.165, 1.54) is 30.1 Å². The summed E-state index contributed by atoms with van der Waals surface area (Å²) >= 11 is 1.79. The first-order chi connectivity index (χ1) is 9.56. The Hall–Kier alpha value is -0.450. The Morgan fingerprint density at radius 3 is 2.90 bits per heavy atom. The molecule has 1 N–H and O–H groups in total. The molecule has 0 aliphatic carbocycles. The zero-order chi connectivity index (χ0) is 14.5. The van der Waals surface area contributed by atoms with Crippen molar-refractivity contribution in [2.24, 2.45) is 11.8 Å². The second-order valence-corrected chi connectivity index (χ2v) is 7.62. The van der Waals surface area contributed by atoms with Crippen LogP contribution in [0, 0.1) is 11.8 Å². The first kappa shape index (κ1) is 15.9. The molecule has 2 heterocycles. The zero-order valence-electron chi connectivity index (χ0n) is 13.4. The van der Waals surface area contributed by atoms with Gasteiger partial charge in [-0.15, -0.1) is 11.3 Å². The molecule has 1 unspecified atom stereocenters. The van der Waals surface area contributed by atoms with Crippen LogP contribution >= 0.6 is 11.3 Å². The molecule has 0 amide bonds. The minimum Gasteiger partial charge on any atom is -0.310 e. The van der Waals surface area contributed by atoms with Crippen LogP contribution in [0.3, 0.4) is 0 Å².